The van der Waals surface area contributed by atoms with Crippen molar-refractivity contribution >= 4 is 26.8 Å². The van der Waals surface area contributed by atoms with Crippen LogP contribution < -0.4 is 0 Å². The molecule has 0 saturated heterocycles. The molecule has 2 rings (SSSR count). The lowest BCUT2D eigenvalue weighted by molar-refractivity contribution is 0.638. The van der Waals surface area contributed by atoms with E-state index in [1.165, 1.54) is 6.07 Å². The normalized spacial score (nSPS) is 10.9. The van der Waals surface area contributed by atoms with E-state index in [4.69, 9.17) is 0 Å². The predicted molar refractivity (Wildman–Crippen MR) is 58.9 cm³/mol. The highest BCUT2D eigenvalue weighted by molar-refractivity contribution is 9.10. The molecule has 3 heteroatoms. The molecule has 1 heterocycles. The van der Waals surface area contributed by atoms with Crippen molar-refractivity contribution in [3.8, 4) is 0 Å². The second-order valence-electron chi connectivity index (χ2n) is 3.33. The zero-order chi connectivity index (χ0) is 10.3. The minimum atomic E-state index is -0.215. The number of fused-ring (bicyclic) bond motifs is 1. The van der Waals surface area contributed by atoms with Crippen molar-refractivity contribution in [1.82, 2.24) is 4.98 Å². The number of aryl methyl sites for hydroxylation is 2. The highest BCUT2D eigenvalue weighted by Crippen LogP contribution is 2.27. The van der Waals surface area contributed by atoms with Crippen LogP contribution in [0.4, 0.5) is 4.39 Å². The highest BCUT2D eigenvalue weighted by atomic mass is 79.9. The van der Waals surface area contributed by atoms with Crippen LogP contribution in [0.3, 0.4) is 0 Å². The number of benzene rings is 1. The van der Waals surface area contributed by atoms with Crippen LogP contribution in [0.15, 0.2) is 22.7 Å². The summed E-state index contributed by atoms with van der Waals surface area (Å²) in [5.41, 5.74) is 2.52. The van der Waals surface area contributed by atoms with E-state index in [1.54, 1.807) is 6.07 Å². The number of aromatic nitrogens is 1. The molecule has 0 N–H and O–H groups in total. The van der Waals surface area contributed by atoms with Gasteiger partial charge in [-0.15, -0.1) is 0 Å². The Kier molecular flexibility index (Phi) is 2.27. The summed E-state index contributed by atoms with van der Waals surface area (Å²) in [6.45, 7) is 3.80. The molecule has 0 amide bonds. The summed E-state index contributed by atoms with van der Waals surface area (Å²) in [6, 6.07) is 5.03. The average Bonchev–Trinajstić information content (AvgIpc) is 2.10. The van der Waals surface area contributed by atoms with E-state index in [9.17, 15) is 4.39 Å². The van der Waals surface area contributed by atoms with Crippen LogP contribution in [0, 0.1) is 19.7 Å². The lowest BCUT2D eigenvalue weighted by atomic mass is 10.1. The van der Waals surface area contributed by atoms with E-state index >= 15 is 0 Å². The number of hydrogen-bond acceptors (Lipinski definition) is 1. The molecule has 0 bridgehead atoms. The summed E-state index contributed by atoms with van der Waals surface area (Å²) in [5.74, 6) is -0.215. The first-order chi connectivity index (χ1) is 6.59. The van der Waals surface area contributed by atoms with Gasteiger partial charge in [-0.2, -0.15) is 0 Å². The Morgan fingerprint density at radius 1 is 1.29 bits per heavy atom. The lowest BCUT2D eigenvalue weighted by Gasteiger charge is -2.06. The average molecular weight is 254 g/mol. The minimum Gasteiger partial charge on any atom is -0.252 e. The van der Waals surface area contributed by atoms with E-state index in [-0.39, 0.29) is 5.82 Å². The van der Waals surface area contributed by atoms with Crippen LogP contribution in [0.2, 0.25) is 0 Å². The first kappa shape index (κ1) is 9.59. The van der Waals surface area contributed by atoms with Crippen LogP contribution in [0.1, 0.15) is 11.3 Å². The number of halogens is 2. The van der Waals surface area contributed by atoms with Gasteiger partial charge in [-0.1, -0.05) is 0 Å². The highest BCUT2D eigenvalue weighted by Gasteiger charge is 2.08. The molecule has 0 unspecified atom stereocenters. The number of rotatable bonds is 0. The van der Waals surface area contributed by atoms with Gasteiger partial charge in [0.15, 0.2) is 0 Å². The third kappa shape index (κ3) is 1.42. The molecular weight excluding hydrogens is 245 g/mol. The van der Waals surface area contributed by atoms with Crippen LogP contribution in [0.5, 0.6) is 0 Å². The SMILES string of the molecule is Cc1cc(C)c2c(F)ccc(Br)c2n1. The van der Waals surface area contributed by atoms with Crippen LogP contribution in [-0.2, 0) is 0 Å². The Bertz CT molecular complexity index is 508. The third-order valence-corrected chi connectivity index (χ3v) is 2.83. The van der Waals surface area contributed by atoms with E-state index < -0.39 is 0 Å². The van der Waals surface area contributed by atoms with Gasteiger partial charge in [0.25, 0.3) is 0 Å². The quantitative estimate of drug-likeness (QED) is 0.697. The van der Waals surface area contributed by atoms with Gasteiger partial charge in [0.1, 0.15) is 5.82 Å². The largest absolute Gasteiger partial charge is 0.252 e. The fourth-order valence-electron chi connectivity index (χ4n) is 1.62. The van der Waals surface area contributed by atoms with Crippen molar-refractivity contribution in [2.45, 2.75) is 13.8 Å². The second-order valence-corrected chi connectivity index (χ2v) is 4.19. The van der Waals surface area contributed by atoms with E-state index in [2.05, 4.69) is 20.9 Å². The third-order valence-electron chi connectivity index (χ3n) is 2.19. The van der Waals surface area contributed by atoms with Crippen molar-refractivity contribution < 1.29 is 4.39 Å². The smallest absolute Gasteiger partial charge is 0.132 e. The minimum absolute atomic E-state index is 0.215. The Balaban J connectivity index is 3.00. The molecule has 0 aliphatic heterocycles. The first-order valence-electron chi connectivity index (χ1n) is 4.31. The standard InChI is InChI=1S/C11H9BrFN/c1-6-5-7(2)14-11-8(12)3-4-9(13)10(6)11/h3-5H,1-2H3. The van der Waals surface area contributed by atoms with Crippen molar-refractivity contribution in [2.24, 2.45) is 0 Å². The molecule has 72 valence electrons. The molecule has 1 aromatic heterocycles. The fourth-order valence-corrected chi connectivity index (χ4v) is 2.04. The maximum Gasteiger partial charge on any atom is 0.132 e. The Hall–Kier alpha value is -0.960. The summed E-state index contributed by atoms with van der Waals surface area (Å²) in [6.07, 6.45) is 0. The van der Waals surface area contributed by atoms with Crippen LogP contribution in [0.25, 0.3) is 10.9 Å². The molecule has 0 saturated carbocycles. The molecule has 0 fully saturated rings. The molecule has 0 radical (unpaired) electrons. The Morgan fingerprint density at radius 3 is 2.71 bits per heavy atom. The lowest BCUT2D eigenvalue weighted by Crippen LogP contribution is -1.91. The summed E-state index contributed by atoms with van der Waals surface area (Å²) in [7, 11) is 0. The van der Waals surface area contributed by atoms with E-state index in [0.29, 0.717) is 10.9 Å². The Morgan fingerprint density at radius 2 is 2.00 bits per heavy atom. The summed E-state index contributed by atoms with van der Waals surface area (Å²) < 4.78 is 14.3. The van der Waals surface area contributed by atoms with Gasteiger partial charge in [0.05, 0.1) is 5.52 Å². The van der Waals surface area contributed by atoms with Gasteiger partial charge in [0.2, 0.25) is 0 Å². The van der Waals surface area contributed by atoms with Gasteiger partial charge < -0.3 is 0 Å². The fraction of sp³-hybridized carbons (Fsp3) is 0.182. The van der Waals surface area contributed by atoms with Crippen molar-refractivity contribution in [3.63, 3.8) is 0 Å². The zero-order valence-electron chi connectivity index (χ0n) is 7.94. The topological polar surface area (TPSA) is 12.9 Å². The molecule has 2 aromatic rings. The van der Waals surface area contributed by atoms with Crippen molar-refractivity contribution in [2.75, 3.05) is 0 Å². The number of hydrogen-bond donors (Lipinski definition) is 0. The Labute approximate surface area is 90.1 Å². The molecule has 0 aliphatic rings. The van der Waals surface area contributed by atoms with E-state index in [0.717, 1.165) is 15.7 Å². The van der Waals surface area contributed by atoms with Crippen molar-refractivity contribution in [3.05, 3.63) is 39.7 Å². The zero-order valence-corrected chi connectivity index (χ0v) is 9.52. The number of nitrogens with zero attached hydrogens (tertiary/aromatic N) is 1. The van der Waals surface area contributed by atoms with Crippen molar-refractivity contribution in [1.29, 1.82) is 0 Å². The maximum atomic E-state index is 13.5. The summed E-state index contributed by atoms with van der Waals surface area (Å²) in [4.78, 5) is 4.31. The molecule has 0 atom stereocenters. The molecule has 0 aliphatic carbocycles. The first-order valence-corrected chi connectivity index (χ1v) is 5.11. The van der Waals surface area contributed by atoms with Gasteiger partial charge in [-0.05, 0) is 53.5 Å². The molecule has 0 spiro atoms. The van der Waals surface area contributed by atoms with Crippen LogP contribution in [-0.4, -0.2) is 4.98 Å². The molecule has 14 heavy (non-hydrogen) atoms. The van der Waals surface area contributed by atoms with Gasteiger partial charge in [-0.25, -0.2) is 4.39 Å². The number of pyridine rings is 1. The summed E-state index contributed by atoms with van der Waals surface area (Å²) in [5, 5.41) is 0.602. The van der Waals surface area contributed by atoms with Crippen LogP contribution >= 0.6 is 15.9 Å². The molecular formula is C11H9BrFN. The molecule has 1 nitrogen and oxygen atoms in total. The molecule has 1 aromatic carbocycles. The summed E-state index contributed by atoms with van der Waals surface area (Å²) >= 11 is 3.37. The second kappa shape index (κ2) is 3.31. The van der Waals surface area contributed by atoms with Gasteiger partial charge in [-0.3, -0.25) is 4.98 Å². The monoisotopic (exact) mass is 253 g/mol. The predicted octanol–water partition coefficient (Wildman–Crippen LogP) is 3.75. The van der Waals surface area contributed by atoms with E-state index in [1.807, 2.05) is 19.9 Å². The van der Waals surface area contributed by atoms with Gasteiger partial charge in [0, 0.05) is 15.6 Å². The van der Waals surface area contributed by atoms with Gasteiger partial charge >= 0.3 is 0 Å². The maximum absolute atomic E-state index is 13.5.